The average molecular weight is 269 g/mol. The zero-order chi connectivity index (χ0) is 13.8. The van der Waals surface area contributed by atoms with Crippen LogP contribution in [0.5, 0.6) is 0 Å². The third-order valence-corrected chi connectivity index (χ3v) is 3.25. The zero-order valence-electron chi connectivity index (χ0n) is 10.9. The predicted octanol–water partition coefficient (Wildman–Crippen LogP) is -0.959. The normalized spacial score (nSPS) is 20.6. The van der Waals surface area contributed by atoms with E-state index in [4.69, 9.17) is 9.84 Å². The number of aliphatic hydroxyl groups excluding tert-OH is 1. The molecule has 0 aromatic heterocycles. The van der Waals surface area contributed by atoms with Crippen LogP contribution in [0, 0.1) is 5.92 Å². The van der Waals surface area contributed by atoms with Gasteiger partial charge in [-0.3, -0.25) is 4.90 Å². The van der Waals surface area contributed by atoms with Gasteiger partial charge in [0.05, 0.1) is 18.7 Å². The summed E-state index contributed by atoms with van der Waals surface area (Å²) in [5.41, 5.74) is 1.06. The maximum Gasteiger partial charge on any atom is 0.337 e. The molecule has 0 spiro atoms. The summed E-state index contributed by atoms with van der Waals surface area (Å²) >= 11 is 0. The highest BCUT2D eigenvalue weighted by atomic mass is 16.5. The Balaban J connectivity index is 2.02. The minimum Gasteiger partial charge on any atom is -0.463 e. The van der Waals surface area contributed by atoms with Crippen LogP contribution < -0.4 is 10.6 Å². The number of carbonyl (C=O) groups excluding carboxylic acids is 2. The largest absolute Gasteiger partial charge is 0.463 e. The fourth-order valence-electron chi connectivity index (χ4n) is 2.23. The molecule has 2 amide bonds. The lowest BCUT2D eigenvalue weighted by Gasteiger charge is -2.39. The number of esters is 1. The molecule has 106 valence electrons. The Hall–Kier alpha value is -1.60. The van der Waals surface area contributed by atoms with Crippen molar-refractivity contribution in [3.63, 3.8) is 0 Å². The van der Waals surface area contributed by atoms with Crippen molar-refractivity contribution >= 4 is 12.0 Å². The zero-order valence-corrected chi connectivity index (χ0v) is 10.9. The summed E-state index contributed by atoms with van der Waals surface area (Å²) < 4.78 is 4.98. The molecule has 1 fully saturated rings. The highest BCUT2D eigenvalue weighted by molar-refractivity contribution is 5.93. The maximum atomic E-state index is 11.8. The van der Waals surface area contributed by atoms with Crippen LogP contribution in [0.1, 0.15) is 6.92 Å². The molecule has 2 aliphatic heterocycles. The van der Waals surface area contributed by atoms with Crippen molar-refractivity contribution in [2.24, 2.45) is 5.92 Å². The molecule has 19 heavy (non-hydrogen) atoms. The summed E-state index contributed by atoms with van der Waals surface area (Å²) in [6.07, 6.45) is 0. The Labute approximate surface area is 111 Å². The third kappa shape index (κ3) is 3.24. The van der Waals surface area contributed by atoms with Crippen LogP contribution in [0.2, 0.25) is 0 Å². The first-order chi connectivity index (χ1) is 9.13. The van der Waals surface area contributed by atoms with Gasteiger partial charge in [0.1, 0.15) is 0 Å². The molecular weight excluding hydrogens is 250 g/mol. The molecule has 0 aromatic carbocycles. The number of hydrogen-bond donors (Lipinski definition) is 3. The highest BCUT2D eigenvalue weighted by Crippen LogP contribution is 2.18. The van der Waals surface area contributed by atoms with Crippen LogP contribution >= 0.6 is 0 Å². The second-order valence-electron chi connectivity index (χ2n) is 4.73. The van der Waals surface area contributed by atoms with Crippen LogP contribution in [-0.2, 0) is 9.53 Å². The van der Waals surface area contributed by atoms with Crippen LogP contribution in [0.15, 0.2) is 11.3 Å². The number of nitrogens with one attached hydrogen (secondary N) is 2. The molecule has 0 radical (unpaired) electrons. The second-order valence-corrected chi connectivity index (χ2v) is 4.73. The van der Waals surface area contributed by atoms with Gasteiger partial charge in [0.2, 0.25) is 0 Å². The smallest absolute Gasteiger partial charge is 0.337 e. The van der Waals surface area contributed by atoms with Crippen molar-refractivity contribution < 1.29 is 19.4 Å². The molecule has 1 saturated heterocycles. The molecule has 2 rings (SSSR count). The first kappa shape index (κ1) is 13.8. The van der Waals surface area contributed by atoms with Crippen molar-refractivity contribution in [1.29, 1.82) is 0 Å². The molecule has 3 N–H and O–H groups in total. The molecule has 2 aliphatic rings. The number of urea groups is 1. The summed E-state index contributed by atoms with van der Waals surface area (Å²) in [7, 11) is 0. The number of aliphatic hydroxyl groups is 1. The van der Waals surface area contributed by atoms with Gasteiger partial charge in [-0.05, 0) is 6.92 Å². The first-order valence-electron chi connectivity index (χ1n) is 6.41. The number of hydrogen-bond acceptors (Lipinski definition) is 5. The van der Waals surface area contributed by atoms with Gasteiger partial charge in [-0.15, -0.1) is 0 Å². The van der Waals surface area contributed by atoms with Crippen LogP contribution in [-0.4, -0.2) is 61.4 Å². The van der Waals surface area contributed by atoms with E-state index in [9.17, 15) is 9.59 Å². The van der Waals surface area contributed by atoms with E-state index in [0.29, 0.717) is 30.3 Å². The number of nitrogens with zero attached hydrogens (tertiary/aromatic N) is 1. The molecule has 0 saturated carbocycles. The van der Waals surface area contributed by atoms with Gasteiger partial charge in [-0.1, -0.05) is 0 Å². The monoisotopic (exact) mass is 269 g/mol. The number of likely N-dealkylation sites (tertiary alicyclic amines) is 1. The summed E-state index contributed by atoms with van der Waals surface area (Å²) in [6.45, 7) is 4.47. The lowest BCUT2D eigenvalue weighted by molar-refractivity contribution is -0.138. The topological polar surface area (TPSA) is 90.9 Å². The Morgan fingerprint density at radius 3 is 2.89 bits per heavy atom. The summed E-state index contributed by atoms with van der Waals surface area (Å²) in [5, 5.41) is 14.2. The number of ether oxygens (including phenoxy) is 1. The molecule has 0 aliphatic carbocycles. The Morgan fingerprint density at radius 1 is 1.53 bits per heavy atom. The van der Waals surface area contributed by atoms with E-state index in [1.807, 2.05) is 0 Å². The number of carbonyl (C=O) groups is 2. The van der Waals surface area contributed by atoms with Gasteiger partial charge >= 0.3 is 12.0 Å². The minimum atomic E-state index is -0.399. The molecule has 0 unspecified atom stereocenters. The van der Waals surface area contributed by atoms with E-state index in [2.05, 4.69) is 15.5 Å². The number of amides is 2. The van der Waals surface area contributed by atoms with Crippen LogP contribution in [0.4, 0.5) is 4.79 Å². The van der Waals surface area contributed by atoms with Gasteiger partial charge in [-0.2, -0.15) is 0 Å². The van der Waals surface area contributed by atoms with Crippen molar-refractivity contribution in [3.8, 4) is 0 Å². The highest BCUT2D eigenvalue weighted by Gasteiger charge is 2.30. The Kier molecular flexibility index (Phi) is 4.39. The fourth-order valence-corrected chi connectivity index (χ4v) is 2.23. The first-order valence-corrected chi connectivity index (χ1v) is 6.41. The van der Waals surface area contributed by atoms with Gasteiger partial charge in [-0.25, -0.2) is 9.59 Å². The molecular formula is C12H19N3O4. The van der Waals surface area contributed by atoms with Crippen molar-refractivity contribution in [3.05, 3.63) is 11.3 Å². The number of rotatable bonds is 5. The summed E-state index contributed by atoms with van der Waals surface area (Å²) in [4.78, 5) is 25.2. The Morgan fingerprint density at radius 2 is 2.26 bits per heavy atom. The summed E-state index contributed by atoms with van der Waals surface area (Å²) in [6, 6.07) is -0.303. The maximum absolute atomic E-state index is 11.8. The van der Waals surface area contributed by atoms with Crippen LogP contribution in [0.3, 0.4) is 0 Å². The van der Waals surface area contributed by atoms with Crippen LogP contribution in [0.25, 0.3) is 0 Å². The predicted molar refractivity (Wildman–Crippen MR) is 67.2 cm³/mol. The molecule has 0 bridgehead atoms. The van der Waals surface area contributed by atoms with Crippen molar-refractivity contribution in [2.75, 3.05) is 39.4 Å². The van der Waals surface area contributed by atoms with Gasteiger partial charge in [0.15, 0.2) is 0 Å². The van der Waals surface area contributed by atoms with Gasteiger partial charge < -0.3 is 20.5 Å². The van der Waals surface area contributed by atoms with Crippen molar-refractivity contribution in [2.45, 2.75) is 6.92 Å². The van der Waals surface area contributed by atoms with E-state index in [0.717, 1.165) is 13.1 Å². The average Bonchev–Trinajstić information content (AvgIpc) is 2.33. The third-order valence-electron chi connectivity index (χ3n) is 3.25. The Bertz CT molecular complexity index is 402. The second kappa shape index (κ2) is 6.03. The minimum absolute atomic E-state index is 0.175. The van der Waals surface area contributed by atoms with Gasteiger partial charge in [0.25, 0.3) is 0 Å². The van der Waals surface area contributed by atoms with E-state index in [-0.39, 0.29) is 19.2 Å². The quantitative estimate of drug-likeness (QED) is 0.559. The van der Waals surface area contributed by atoms with Gasteiger partial charge in [0, 0.05) is 37.9 Å². The SMILES string of the molecule is CCOC(=O)C1=C(CN2CC(CO)C2)NC(=O)NC1. The van der Waals surface area contributed by atoms with Crippen molar-refractivity contribution in [1.82, 2.24) is 15.5 Å². The van der Waals surface area contributed by atoms with E-state index < -0.39 is 5.97 Å². The standard InChI is InChI=1S/C12H19N3O4/c1-2-19-11(17)9-3-13-12(18)14-10(9)6-15-4-8(5-15)7-16/h8,16H,2-7H2,1H3,(H2,13,14,18). The van der Waals surface area contributed by atoms with E-state index in [1.54, 1.807) is 6.92 Å². The molecule has 2 heterocycles. The molecule has 7 nitrogen and oxygen atoms in total. The fraction of sp³-hybridized carbons (Fsp3) is 0.667. The summed E-state index contributed by atoms with van der Waals surface area (Å²) in [5.74, 6) is -0.103. The van der Waals surface area contributed by atoms with E-state index in [1.165, 1.54) is 0 Å². The molecule has 7 heteroatoms. The molecule has 0 aromatic rings. The molecule has 0 atom stereocenters. The lowest BCUT2D eigenvalue weighted by Crippen LogP contribution is -2.53. The lowest BCUT2D eigenvalue weighted by atomic mass is 10.0. The van der Waals surface area contributed by atoms with E-state index >= 15 is 0 Å².